The van der Waals surface area contributed by atoms with E-state index in [4.69, 9.17) is 5.73 Å². The SMILES string of the molecule is Nc1cc(OC(F)(F)F)ccc1C(=O)N1CCC(c2c(F)cnc3[nH]c4c(c23)CC[C@@H](O)CC4)CC1. The fourth-order valence-electron chi connectivity index (χ4n) is 5.40. The summed E-state index contributed by atoms with van der Waals surface area (Å²) in [6.07, 6.45) is -0.424. The van der Waals surface area contributed by atoms with Crippen molar-refractivity contribution in [3.05, 3.63) is 52.6 Å². The first kappa shape index (κ1) is 24.4. The van der Waals surface area contributed by atoms with E-state index in [0.29, 0.717) is 62.8 Å². The third-order valence-electron chi connectivity index (χ3n) is 7.14. The number of aromatic nitrogens is 2. The van der Waals surface area contributed by atoms with E-state index >= 15 is 4.39 Å². The minimum Gasteiger partial charge on any atom is -0.406 e. The average Bonchev–Trinajstić information content (AvgIpc) is 3.07. The van der Waals surface area contributed by atoms with Gasteiger partial charge in [0.05, 0.1) is 17.9 Å². The van der Waals surface area contributed by atoms with Crippen LogP contribution < -0.4 is 10.5 Å². The Kier molecular flexibility index (Phi) is 6.27. The fourth-order valence-corrected chi connectivity index (χ4v) is 5.40. The number of piperidine rings is 1. The zero-order chi connectivity index (χ0) is 25.6. The normalized spacial score (nSPS) is 19.2. The molecule has 1 atom stereocenters. The largest absolute Gasteiger partial charge is 0.573 e. The van der Waals surface area contributed by atoms with Crippen molar-refractivity contribution in [1.29, 1.82) is 0 Å². The zero-order valence-electron chi connectivity index (χ0n) is 19.4. The van der Waals surface area contributed by atoms with Crippen molar-refractivity contribution in [2.75, 3.05) is 18.8 Å². The molecule has 1 amide bonds. The van der Waals surface area contributed by atoms with E-state index in [1.807, 2.05) is 0 Å². The van der Waals surface area contributed by atoms with Crippen LogP contribution in [0.1, 0.15) is 58.8 Å². The smallest absolute Gasteiger partial charge is 0.406 e. The molecule has 1 fully saturated rings. The molecule has 0 bridgehead atoms. The average molecular weight is 507 g/mol. The molecule has 7 nitrogen and oxygen atoms in total. The summed E-state index contributed by atoms with van der Waals surface area (Å²) in [6.45, 7) is 0.691. The van der Waals surface area contributed by atoms with Crippen LogP contribution in [0.25, 0.3) is 11.0 Å². The van der Waals surface area contributed by atoms with Gasteiger partial charge in [-0.2, -0.15) is 0 Å². The molecule has 2 aliphatic rings. The number of rotatable bonds is 3. The first-order valence-electron chi connectivity index (χ1n) is 11.9. The van der Waals surface area contributed by atoms with E-state index in [2.05, 4.69) is 14.7 Å². The second-order valence-corrected chi connectivity index (χ2v) is 9.42. The van der Waals surface area contributed by atoms with Crippen LogP contribution in [0.15, 0.2) is 24.4 Å². The van der Waals surface area contributed by atoms with Gasteiger partial charge < -0.3 is 25.5 Å². The van der Waals surface area contributed by atoms with Gasteiger partial charge in [0.1, 0.15) is 17.2 Å². The summed E-state index contributed by atoms with van der Waals surface area (Å²) >= 11 is 0. The highest BCUT2D eigenvalue weighted by atomic mass is 19.4. The fraction of sp³-hybridized carbons (Fsp3) is 0.440. The number of aliphatic hydroxyl groups excluding tert-OH is 1. The number of carbonyl (C=O) groups excluding carboxylic acids is 1. The quantitative estimate of drug-likeness (QED) is 0.277. The molecule has 36 heavy (non-hydrogen) atoms. The van der Waals surface area contributed by atoms with Crippen LogP contribution in [-0.2, 0) is 12.8 Å². The molecule has 0 saturated carbocycles. The van der Waals surface area contributed by atoms with Crippen molar-refractivity contribution in [3.8, 4) is 5.75 Å². The molecule has 5 rings (SSSR count). The molecule has 1 aliphatic carbocycles. The number of aromatic amines is 1. The highest BCUT2D eigenvalue weighted by molar-refractivity contribution is 5.99. The summed E-state index contributed by atoms with van der Waals surface area (Å²) in [5.74, 6) is -1.41. The second-order valence-electron chi connectivity index (χ2n) is 9.42. The van der Waals surface area contributed by atoms with Gasteiger partial charge in [-0.1, -0.05) is 0 Å². The van der Waals surface area contributed by atoms with E-state index in [-0.39, 0.29) is 29.1 Å². The number of benzene rings is 1. The van der Waals surface area contributed by atoms with Crippen LogP contribution in [0.5, 0.6) is 5.75 Å². The van der Waals surface area contributed by atoms with Gasteiger partial charge in [-0.25, -0.2) is 9.37 Å². The van der Waals surface area contributed by atoms with Crippen LogP contribution in [0.2, 0.25) is 0 Å². The Morgan fingerprint density at radius 2 is 1.89 bits per heavy atom. The number of aryl methyl sites for hydroxylation is 2. The van der Waals surface area contributed by atoms with Crippen molar-refractivity contribution < 1.29 is 32.2 Å². The maximum absolute atomic E-state index is 15.1. The summed E-state index contributed by atoms with van der Waals surface area (Å²) < 4.78 is 56.4. The monoisotopic (exact) mass is 506 g/mol. The van der Waals surface area contributed by atoms with Gasteiger partial charge in [-0.15, -0.1) is 13.2 Å². The molecule has 1 aliphatic heterocycles. The lowest BCUT2D eigenvalue weighted by Gasteiger charge is -2.33. The molecule has 3 aromatic rings. The first-order chi connectivity index (χ1) is 17.1. The summed E-state index contributed by atoms with van der Waals surface area (Å²) in [5.41, 5.74) is 9.06. The van der Waals surface area contributed by atoms with Gasteiger partial charge in [0, 0.05) is 41.5 Å². The number of H-pyrrole nitrogens is 1. The first-order valence-corrected chi connectivity index (χ1v) is 11.9. The number of halogens is 4. The summed E-state index contributed by atoms with van der Waals surface area (Å²) in [4.78, 5) is 22.2. The molecule has 1 aromatic carbocycles. The molecule has 1 saturated heterocycles. The number of hydrogen-bond acceptors (Lipinski definition) is 5. The molecule has 11 heteroatoms. The molecule has 4 N–H and O–H groups in total. The van der Waals surface area contributed by atoms with Gasteiger partial charge in [-0.05, 0) is 62.1 Å². The van der Waals surface area contributed by atoms with Crippen molar-refractivity contribution in [1.82, 2.24) is 14.9 Å². The number of aliphatic hydroxyl groups is 1. The summed E-state index contributed by atoms with van der Waals surface area (Å²) in [6, 6.07) is 3.26. The van der Waals surface area contributed by atoms with Crippen molar-refractivity contribution in [3.63, 3.8) is 0 Å². The minimum absolute atomic E-state index is 0.0926. The van der Waals surface area contributed by atoms with E-state index in [9.17, 15) is 23.1 Å². The molecule has 2 aromatic heterocycles. The number of nitrogens with one attached hydrogen (secondary N) is 1. The molecule has 192 valence electrons. The van der Waals surface area contributed by atoms with E-state index < -0.39 is 18.0 Å². The van der Waals surface area contributed by atoms with E-state index in [1.54, 1.807) is 4.90 Å². The van der Waals surface area contributed by atoms with Crippen molar-refractivity contribution in [2.24, 2.45) is 0 Å². The maximum Gasteiger partial charge on any atom is 0.573 e. The van der Waals surface area contributed by atoms with Crippen LogP contribution >= 0.6 is 0 Å². The summed E-state index contributed by atoms with van der Waals surface area (Å²) in [7, 11) is 0. The molecule has 0 radical (unpaired) electrons. The number of alkyl halides is 3. The number of nitrogens with zero attached hydrogens (tertiary/aromatic N) is 2. The zero-order valence-corrected chi connectivity index (χ0v) is 19.4. The number of amides is 1. The predicted octanol–water partition coefficient (Wildman–Crippen LogP) is 4.44. The predicted molar refractivity (Wildman–Crippen MR) is 124 cm³/mol. The number of nitrogens with two attached hydrogens (primary N) is 1. The van der Waals surface area contributed by atoms with Gasteiger partial charge >= 0.3 is 6.36 Å². The highest BCUT2D eigenvalue weighted by Gasteiger charge is 2.33. The van der Waals surface area contributed by atoms with Crippen molar-refractivity contribution in [2.45, 2.75) is 56.9 Å². The van der Waals surface area contributed by atoms with Crippen LogP contribution in [0.3, 0.4) is 0 Å². The Morgan fingerprint density at radius 3 is 2.58 bits per heavy atom. The molecule has 0 spiro atoms. The standard InChI is InChI=1S/C25H26F4N4O3/c26-18-12-31-23-22(17-4-1-14(34)2-6-20(17)32-23)21(18)13-7-9-33(10-8-13)24(35)16-5-3-15(11-19(16)30)36-25(27,28)29/h3,5,11-14,34H,1-2,4,6-10,30H2,(H,31,32)/t14-/m1/s1. The summed E-state index contributed by atoms with van der Waals surface area (Å²) in [5, 5.41) is 10.9. The highest BCUT2D eigenvalue weighted by Crippen LogP contribution is 2.39. The molecular weight excluding hydrogens is 480 g/mol. The van der Waals surface area contributed by atoms with Gasteiger partial charge in [0.15, 0.2) is 0 Å². The van der Waals surface area contributed by atoms with E-state index in [1.165, 1.54) is 12.3 Å². The lowest BCUT2D eigenvalue weighted by atomic mass is 9.86. The van der Waals surface area contributed by atoms with Crippen LogP contribution in [0.4, 0.5) is 23.2 Å². The number of carbonyl (C=O) groups is 1. The lowest BCUT2D eigenvalue weighted by Crippen LogP contribution is -2.38. The second kappa shape index (κ2) is 9.27. The topological polar surface area (TPSA) is 104 Å². The third kappa shape index (κ3) is 4.71. The number of likely N-dealkylation sites (tertiary alicyclic amines) is 1. The number of hydrogen-bond donors (Lipinski definition) is 3. The molecule has 0 unspecified atom stereocenters. The lowest BCUT2D eigenvalue weighted by molar-refractivity contribution is -0.274. The number of nitrogen functional groups attached to an aromatic ring is 1. The van der Waals surface area contributed by atoms with E-state index in [0.717, 1.165) is 28.8 Å². The minimum atomic E-state index is -4.86. The van der Waals surface area contributed by atoms with Crippen LogP contribution in [-0.4, -0.2) is 51.4 Å². The Labute approximate surface area is 204 Å². The van der Waals surface area contributed by atoms with Gasteiger partial charge in [0.25, 0.3) is 5.91 Å². The Hall–Kier alpha value is -3.34. The van der Waals surface area contributed by atoms with Gasteiger partial charge in [-0.3, -0.25) is 4.79 Å². The maximum atomic E-state index is 15.1. The van der Waals surface area contributed by atoms with Gasteiger partial charge in [0.2, 0.25) is 0 Å². The third-order valence-corrected chi connectivity index (χ3v) is 7.14. The number of pyridine rings is 1. The number of ether oxygens (including phenoxy) is 1. The van der Waals surface area contributed by atoms with Crippen molar-refractivity contribution >= 4 is 22.6 Å². The Morgan fingerprint density at radius 1 is 1.17 bits per heavy atom. The Bertz CT molecular complexity index is 1300. The molecule has 3 heterocycles. The number of anilines is 1. The Balaban J connectivity index is 1.34. The molecular formula is C25H26F4N4O3. The number of fused-ring (bicyclic) bond motifs is 3. The van der Waals surface area contributed by atoms with Crippen LogP contribution in [0, 0.1) is 5.82 Å².